The van der Waals surface area contributed by atoms with Gasteiger partial charge in [0.25, 0.3) is 0 Å². The van der Waals surface area contributed by atoms with E-state index in [4.69, 9.17) is 18.6 Å². The zero-order valence-electron chi connectivity index (χ0n) is 16.1. The van der Waals surface area contributed by atoms with Crippen molar-refractivity contribution in [2.24, 2.45) is 0 Å². The van der Waals surface area contributed by atoms with Gasteiger partial charge >= 0.3 is 11.6 Å². The van der Waals surface area contributed by atoms with Crippen LogP contribution in [0.15, 0.2) is 57.7 Å². The quantitative estimate of drug-likeness (QED) is 0.328. The van der Waals surface area contributed by atoms with Crippen LogP contribution in [0.1, 0.15) is 22.8 Å². The molecule has 3 rings (SSSR count). The molecule has 0 saturated carbocycles. The summed E-state index contributed by atoms with van der Waals surface area (Å²) in [5.74, 6) is -0.00340. The Hall–Kier alpha value is -3.61. The highest BCUT2D eigenvalue weighted by atomic mass is 16.6. The fourth-order valence-electron chi connectivity index (χ4n) is 2.71. The van der Waals surface area contributed by atoms with Crippen LogP contribution in [-0.4, -0.2) is 31.6 Å². The number of carbonyl (C=O) groups is 2. The SMILES string of the molecule is CCOc1ccc(C(=O)COC(=O)COc2ccc3c(C)cc(=O)oc3c2)cc1. The van der Waals surface area contributed by atoms with E-state index in [2.05, 4.69) is 0 Å². The lowest BCUT2D eigenvalue weighted by Crippen LogP contribution is -2.19. The molecule has 7 nitrogen and oxygen atoms in total. The summed E-state index contributed by atoms with van der Waals surface area (Å²) in [6.45, 7) is 3.45. The molecule has 0 N–H and O–H groups in total. The summed E-state index contributed by atoms with van der Waals surface area (Å²) >= 11 is 0. The minimum atomic E-state index is -0.685. The van der Waals surface area contributed by atoms with E-state index in [1.54, 1.807) is 43.3 Å². The van der Waals surface area contributed by atoms with Gasteiger partial charge < -0.3 is 18.6 Å². The molecule has 0 aliphatic carbocycles. The summed E-state index contributed by atoms with van der Waals surface area (Å²) in [5.41, 5.74) is 1.11. The molecule has 2 aromatic carbocycles. The molecule has 0 bridgehead atoms. The molecular formula is C22H20O7. The zero-order valence-corrected chi connectivity index (χ0v) is 16.1. The molecule has 1 aromatic heterocycles. The van der Waals surface area contributed by atoms with Crippen LogP contribution in [0.5, 0.6) is 11.5 Å². The minimum absolute atomic E-state index is 0.329. The maximum atomic E-state index is 12.1. The van der Waals surface area contributed by atoms with E-state index in [9.17, 15) is 14.4 Å². The third-order valence-corrected chi connectivity index (χ3v) is 4.13. The number of esters is 1. The monoisotopic (exact) mass is 396 g/mol. The van der Waals surface area contributed by atoms with Crippen molar-refractivity contribution in [3.8, 4) is 11.5 Å². The lowest BCUT2D eigenvalue weighted by molar-refractivity contribution is -0.144. The van der Waals surface area contributed by atoms with Gasteiger partial charge in [0.05, 0.1) is 6.61 Å². The van der Waals surface area contributed by atoms with E-state index in [-0.39, 0.29) is 19.0 Å². The second-order valence-corrected chi connectivity index (χ2v) is 6.24. The maximum absolute atomic E-state index is 12.1. The standard InChI is InChI=1S/C22H20O7/c1-3-26-16-6-4-15(5-7-16)19(23)12-28-22(25)13-27-17-8-9-18-14(2)10-21(24)29-20(18)11-17/h4-11H,3,12-13H2,1-2H3. The number of fused-ring (bicyclic) bond motifs is 1. The normalized spacial score (nSPS) is 10.6. The van der Waals surface area contributed by atoms with Crippen LogP contribution >= 0.6 is 0 Å². The van der Waals surface area contributed by atoms with E-state index >= 15 is 0 Å². The highest BCUT2D eigenvalue weighted by Crippen LogP contribution is 2.22. The Labute approximate surface area is 166 Å². The van der Waals surface area contributed by atoms with Gasteiger partial charge in [-0.2, -0.15) is 0 Å². The van der Waals surface area contributed by atoms with Crippen LogP contribution in [0, 0.1) is 6.92 Å². The number of rotatable bonds is 8. The van der Waals surface area contributed by atoms with Crippen LogP contribution in [0.25, 0.3) is 11.0 Å². The van der Waals surface area contributed by atoms with Crippen molar-refractivity contribution in [2.45, 2.75) is 13.8 Å². The van der Waals surface area contributed by atoms with E-state index in [1.807, 2.05) is 6.92 Å². The van der Waals surface area contributed by atoms with E-state index in [0.717, 1.165) is 10.9 Å². The van der Waals surface area contributed by atoms with Crippen LogP contribution in [0.3, 0.4) is 0 Å². The number of carbonyl (C=O) groups excluding carboxylic acids is 2. The predicted molar refractivity (Wildman–Crippen MR) is 106 cm³/mol. The number of Topliss-reactive ketones (excluding diaryl/α,β-unsaturated/α-hetero) is 1. The summed E-state index contributed by atoms with van der Waals surface area (Å²) in [6.07, 6.45) is 0. The van der Waals surface area contributed by atoms with Gasteiger partial charge in [-0.15, -0.1) is 0 Å². The molecule has 150 valence electrons. The number of benzene rings is 2. The Bertz CT molecular complexity index is 1080. The molecule has 0 aliphatic heterocycles. The number of hydrogen-bond acceptors (Lipinski definition) is 7. The Morgan fingerprint density at radius 1 is 0.931 bits per heavy atom. The van der Waals surface area contributed by atoms with Crippen molar-refractivity contribution in [3.63, 3.8) is 0 Å². The summed E-state index contributed by atoms with van der Waals surface area (Å²) in [6, 6.07) is 12.9. The average Bonchev–Trinajstić information content (AvgIpc) is 2.71. The molecule has 7 heteroatoms. The maximum Gasteiger partial charge on any atom is 0.344 e. The summed E-state index contributed by atoms with van der Waals surface area (Å²) in [7, 11) is 0. The first kappa shape index (κ1) is 20.1. The molecule has 0 amide bonds. The van der Waals surface area contributed by atoms with Crippen molar-refractivity contribution >= 4 is 22.7 Å². The number of ketones is 1. The van der Waals surface area contributed by atoms with E-state index in [1.165, 1.54) is 12.1 Å². The summed E-state index contributed by atoms with van der Waals surface area (Å²) < 4.78 is 20.8. The number of aryl methyl sites for hydroxylation is 1. The lowest BCUT2D eigenvalue weighted by atomic mass is 10.1. The fourth-order valence-corrected chi connectivity index (χ4v) is 2.71. The van der Waals surface area contributed by atoms with Gasteiger partial charge in [0, 0.05) is 23.1 Å². The fraction of sp³-hybridized carbons (Fsp3) is 0.227. The Kier molecular flexibility index (Phi) is 6.29. The molecule has 3 aromatic rings. The topological polar surface area (TPSA) is 92.0 Å². The first-order valence-electron chi connectivity index (χ1n) is 9.05. The number of ether oxygens (including phenoxy) is 3. The second kappa shape index (κ2) is 9.05. The second-order valence-electron chi connectivity index (χ2n) is 6.24. The van der Waals surface area contributed by atoms with Crippen molar-refractivity contribution < 1.29 is 28.2 Å². The zero-order chi connectivity index (χ0) is 20.8. The van der Waals surface area contributed by atoms with E-state index < -0.39 is 11.6 Å². The molecule has 0 atom stereocenters. The van der Waals surface area contributed by atoms with Crippen molar-refractivity contribution in [1.29, 1.82) is 0 Å². The molecular weight excluding hydrogens is 376 g/mol. The minimum Gasteiger partial charge on any atom is -0.494 e. The lowest BCUT2D eigenvalue weighted by Gasteiger charge is -2.08. The van der Waals surface area contributed by atoms with Crippen LogP contribution in [-0.2, 0) is 9.53 Å². The summed E-state index contributed by atoms with van der Waals surface area (Å²) in [5, 5.41) is 0.778. The van der Waals surface area contributed by atoms with Crippen molar-refractivity contribution in [3.05, 3.63) is 70.1 Å². The van der Waals surface area contributed by atoms with Crippen molar-refractivity contribution in [1.82, 2.24) is 0 Å². The first-order chi connectivity index (χ1) is 14.0. The molecule has 0 radical (unpaired) electrons. The van der Waals surface area contributed by atoms with Gasteiger partial charge in [-0.1, -0.05) is 0 Å². The van der Waals surface area contributed by atoms with Crippen molar-refractivity contribution in [2.75, 3.05) is 19.8 Å². The molecule has 0 saturated heterocycles. The highest BCUT2D eigenvalue weighted by Gasteiger charge is 2.12. The third-order valence-electron chi connectivity index (χ3n) is 4.13. The molecule has 1 heterocycles. The number of hydrogen-bond donors (Lipinski definition) is 0. The van der Waals surface area contributed by atoms with Gasteiger partial charge in [-0.05, 0) is 55.8 Å². The van der Waals surface area contributed by atoms with Crippen LogP contribution in [0.4, 0.5) is 0 Å². The molecule has 0 spiro atoms. The van der Waals surface area contributed by atoms with Gasteiger partial charge in [-0.3, -0.25) is 4.79 Å². The van der Waals surface area contributed by atoms with Crippen LogP contribution < -0.4 is 15.1 Å². The van der Waals surface area contributed by atoms with Gasteiger partial charge in [0.15, 0.2) is 19.0 Å². The molecule has 0 fully saturated rings. The average molecular weight is 396 g/mol. The third kappa shape index (κ3) is 5.22. The van der Waals surface area contributed by atoms with Crippen LogP contribution in [0.2, 0.25) is 0 Å². The predicted octanol–water partition coefficient (Wildman–Crippen LogP) is 3.31. The summed E-state index contributed by atoms with van der Waals surface area (Å²) in [4.78, 5) is 35.5. The molecule has 0 unspecified atom stereocenters. The Morgan fingerprint density at radius 2 is 1.66 bits per heavy atom. The first-order valence-corrected chi connectivity index (χ1v) is 9.05. The van der Waals surface area contributed by atoms with E-state index in [0.29, 0.717) is 29.3 Å². The van der Waals surface area contributed by atoms with Gasteiger partial charge in [0.2, 0.25) is 0 Å². The van der Waals surface area contributed by atoms with Gasteiger partial charge in [0.1, 0.15) is 17.1 Å². The highest BCUT2D eigenvalue weighted by molar-refractivity contribution is 5.98. The Balaban J connectivity index is 1.52. The Morgan fingerprint density at radius 3 is 2.38 bits per heavy atom. The van der Waals surface area contributed by atoms with Gasteiger partial charge in [-0.25, -0.2) is 9.59 Å². The largest absolute Gasteiger partial charge is 0.494 e. The molecule has 0 aliphatic rings. The smallest absolute Gasteiger partial charge is 0.344 e. The molecule has 29 heavy (non-hydrogen) atoms.